The minimum absolute atomic E-state index is 0.00185. The van der Waals surface area contributed by atoms with Gasteiger partial charge in [0, 0.05) is 13.1 Å². The Morgan fingerprint density at radius 2 is 1.84 bits per heavy atom. The lowest BCUT2D eigenvalue weighted by molar-refractivity contribution is 0.0939. The Bertz CT molecular complexity index is 854. The van der Waals surface area contributed by atoms with Crippen LogP contribution in [0.3, 0.4) is 0 Å². The lowest BCUT2D eigenvalue weighted by Crippen LogP contribution is -2.32. The smallest absolute Gasteiger partial charge is 0.264 e. The summed E-state index contributed by atoms with van der Waals surface area (Å²) in [6.07, 6.45) is 0.783. The van der Waals surface area contributed by atoms with Crippen LogP contribution < -0.4 is 9.62 Å². The van der Waals surface area contributed by atoms with E-state index in [1.807, 2.05) is 13.8 Å². The highest BCUT2D eigenvalue weighted by atomic mass is 35.5. The molecule has 1 unspecified atom stereocenters. The fourth-order valence-electron chi connectivity index (χ4n) is 2.18. The highest BCUT2D eigenvalue weighted by molar-refractivity contribution is 7.92. The van der Waals surface area contributed by atoms with E-state index in [1.165, 1.54) is 31.3 Å². The molecule has 0 aliphatic rings. The number of benzene rings is 2. The fraction of sp³-hybridized carbons (Fsp3) is 0.278. The third kappa shape index (κ3) is 4.32. The zero-order chi connectivity index (χ0) is 18.6. The van der Waals surface area contributed by atoms with Crippen LogP contribution in [0.5, 0.6) is 0 Å². The van der Waals surface area contributed by atoms with Crippen molar-refractivity contribution in [3.8, 4) is 0 Å². The Morgan fingerprint density at radius 3 is 2.44 bits per heavy atom. The number of halogens is 1. The summed E-state index contributed by atoms with van der Waals surface area (Å²) < 4.78 is 26.6. The number of carbonyl (C=O) groups is 1. The van der Waals surface area contributed by atoms with Crippen LogP contribution in [-0.2, 0) is 10.0 Å². The molecule has 0 aromatic heterocycles. The number of nitrogens with zero attached hydrogens (tertiary/aromatic N) is 1. The first kappa shape index (κ1) is 19.3. The molecule has 0 spiro atoms. The van der Waals surface area contributed by atoms with Crippen molar-refractivity contribution in [1.82, 2.24) is 5.32 Å². The van der Waals surface area contributed by atoms with Gasteiger partial charge in [-0.15, -0.1) is 0 Å². The number of anilines is 1. The lowest BCUT2D eigenvalue weighted by atomic mass is 10.1. The summed E-state index contributed by atoms with van der Waals surface area (Å²) in [5, 5.41) is 3.11. The van der Waals surface area contributed by atoms with E-state index >= 15 is 0 Å². The van der Waals surface area contributed by atoms with Crippen molar-refractivity contribution in [3.63, 3.8) is 0 Å². The topological polar surface area (TPSA) is 66.5 Å². The van der Waals surface area contributed by atoms with Crippen LogP contribution in [0.1, 0.15) is 30.6 Å². The molecule has 0 radical (unpaired) electrons. The van der Waals surface area contributed by atoms with Crippen LogP contribution in [0.2, 0.25) is 5.02 Å². The molecule has 5 nitrogen and oxygen atoms in total. The predicted molar refractivity (Wildman–Crippen MR) is 101 cm³/mol. The minimum atomic E-state index is -3.72. The molecule has 1 N–H and O–H groups in total. The van der Waals surface area contributed by atoms with E-state index in [1.54, 1.807) is 24.3 Å². The second-order valence-electron chi connectivity index (χ2n) is 5.73. The molecule has 0 saturated carbocycles. The van der Waals surface area contributed by atoms with Crippen LogP contribution >= 0.6 is 11.6 Å². The molecular weight excluding hydrogens is 360 g/mol. The summed E-state index contributed by atoms with van der Waals surface area (Å²) in [6, 6.07) is 12.7. The van der Waals surface area contributed by atoms with Crippen LogP contribution in [0.4, 0.5) is 5.69 Å². The molecule has 1 atom stereocenters. The zero-order valence-corrected chi connectivity index (χ0v) is 15.9. The Kier molecular flexibility index (Phi) is 6.08. The first-order valence-corrected chi connectivity index (χ1v) is 9.73. The maximum Gasteiger partial charge on any atom is 0.264 e. The van der Waals surface area contributed by atoms with Gasteiger partial charge in [-0.3, -0.25) is 9.10 Å². The summed E-state index contributed by atoms with van der Waals surface area (Å²) in [6.45, 7) is 3.85. The zero-order valence-electron chi connectivity index (χ0n) is 14.4. The van der Waals surface area contributed by atoms with Crippen molar-refractivity contribution in [2.45, 2.75) is 31.2 Å². The van der Waals surface area contributed by atoms with E-state index in [-0.39, 0.29) is 27.4 Å². The Morgan fingerprint density at radius 1 is 1.20 bits per heavy atom. The van der Waals surface area contributed by atoms with Gasteiger partial charge in [-0.05, 0) is 43.7 Å². The van der Waals surface area contributed by atoms with Gasteiger partial charge in [0.15, 0.2) is 0 Å². The molecule has 134 valence electrons. The minimum Gasteiger partial charge on any atom is -0.350 e. The second kappa shape index (κ2) is 7.89. The fourth-order valence-corrected chi connectivity index (χ4v) is 3.59. The standard InChI is InChI=1S/C18H21ClN2O3S/c1-4-13(2)20-18(22)16-12-14(10-11-17(16)19)21(3)25(23,24)15-8-6-5-7-9-15/h5-13H,4H2,1-3H3,(H,20,22). The molecular formula is C18H21ClN2O3S. The van der Waals surface area contributed by atoms with Gasteiger partial charge in [0.2, 0.25) is 0 Å². The average molecular weight is 381 g/mol. The largest absolute Gasteiger partial charge is 0.350 e. The number of carbonyl (C=O) groups excluding carboxylic acids is 1. The molecule has 0 bridgehead atoms. The molecule has 2 rings (SSSR count). The molecule has 2 aromatic carbocycles. The van der Waals surface area contributed by atoms with E-state index in [0.29, 0.717) is 5.69 Å². The van der Waals surface area contributed by atoms with Gasteiger partial charge in [0.25, 0.3) is 15.9 Å². The van der Waals surface area contributed by atoms with Gasteiger partial charge in [-0.1, -0.05) is 36.7 Å². The van der Waals surface area contributed by atoms with Crippen molar-refractivity contribution < 1.29 is 13.2 Å². The number of amides is 1. The molecule has 0 saturated heterocycles. The van der Waals surface area contributed by atoms with E-state index in [0.717, 1.165) is 10.7 Å². The highest BCUT2D eigenvalue weighted by Crippen LogP contribution is 2.26. The van der Waals surface area contributed by atoms with Crippen molar-refractivity contribution >= 4 is 33.2 Å². The van der Waals surface area contributed by atoms with Gasteiger partial charge in [-0.2, -0.15) is 0 Å². The monoisotopic (exact) mass is 380 g/mol. The maximum absolute atomic E-state index is 12.7. The number of rotatable bonds is 6. The van der Waals surface area contributed by atoms with Crippen molar-refractivity contribution in [2.24, 2.45) is 0 Å². The molecule has 0 fully saturated rings. The summed E-state index contributed by atoms with van der Waals surface area (Å²) in [5.74, 6) is -0.327. The summed E-state index contributed by atoms with van der Waals surface area (Å²) in [4.78, 5) is 12.5. The molecule has 0 aliphatic heterocycles. The summed E-state index contributed by atoms with van der Waals surface area (Å²) in [7, 11) is -2.27. The number of hydrogen-bond acceptors (Lipinski definition) is 3. The summed E-state index contributed by atoms with van der Waals surface area (Å²) in [5.41, 5.74) is 0.608. The van der Waals surface area contributed by atoms with E-state index < -0.39 is 10.0 Å². The molecule has 2 aromatic rings. The first-order chi connectivity index (χ1) is 11.8. The van der Waals surface area contributed by atoms with E-state index in [9.17, 15) is 13.2 Å². The van der Waals surface area contributed by atoms with Gasteiger partial charge in [0.05, 0.1) is 21.2 Å². The summed E-state index contributed by atoms with van der Waals surface area (Å²) >= 11 is 6.12. The number of hydrogen-bond donors (Lipinski definition) is 1. The maximum atomic E-state index is 12.7. The molecule has 7 heteroatoms. The highest BCUT2D eigenvalue weighted by Gasteiger charge is 2.22. The molecule has 25 heavy (non-hydrogen) atoms. The molecule has 0 aliphatic carbocycles. The van der Waals surface area contributed by atoms with Crippen LogP contribution in [0.15, 0.2) is 53.4 Å². The van der Waals surface area contributed by atoms with Crippen LogP contribution in [-0.4, -0.2) is 27.4 Å². The van der Waals surface area contributed by atoms with Crippen molar-refractivity contribution in [1.29, 1.82) is 0 Å². The van der Waals surface area contributed by atoms with E-state index in [4.69, 9.17) is 11.6 Å². The normalized spacial score (nSPS) is 12.5. The van der Waals surface area contributed by atoms with Crippen molar-refractivity contribution in [2.75, 3.05) is 11.4 Å². The number of sulfonamides is 1. The Labute approximate surface area is 153 Å². The van der Waals surface area contributed by atoms with Crippen LogP contribution in [0.25, 0.3) is 0 Å². The Balaban J connectivity index is 2.37. The quantitative estimate of drug-likeness (QED) is 0.831. The lowest BCUT2D eigenvalue weighted by Gasteiger charge is -2.21. The Hall–Kier alpha value is -2.05. The third-order valence-electron chi connectivity index (χ3n) is 3.95. The third-order valence-corrected chi connectivity index (χ3v) is 6.08. The first-order valence-electron chi connectivity index (χ1n) is 7.91. The predicted octanol–water partition coefficient (Wildman–Crippen LogP) is 3.69. The van der Waals surface area contributed by atoms with Crippen molar-refractivity contribution in [3.05, 3.63) is 59.1 Å². The average Bonchev–Trinajstić information content (AvgIpc) is 2.62. The van der Waals surface area contributed by atoms with Gasteiger partial charge in [-0.25, -0.2) is 8.42 Å². The SMILES string of the molecule is CCC(C)NC(=O)c1cc(N(C)S(=O)(=O)c2ccccc2)ccc1Cl. The van der Waals surface area contributed by atoms with Gasteiger partial charge < -0.3 is 5.32 Å². The molecule has 0 heterocycles. The number of nitrogens with one attached hydrogen (secondary N) is 1. The van der Waals surface area contributed by atoms with Crippen LogP contribution in [0, 0.1) is 0 Å². The molecule has 1 amide bonds. The van der Waals surface area contributed by atoms with E-state index in [2.05, 4.69) is 5.32 Å². The van der Waals surface area contributed by atoms with Gasteiger partial charge in [0.1, 0.15) is 0 Å². The second-order valence-corrected chi connectivity index (χ2v) is 8.11. The van der Waals surface area contributed by atoms with Gasteiger partial charge >= 0.3 is 0 Å².